The zero-order valence-electron chi connectivity index (χ0n) is 9.48. The first-order valence-electron chi connectivity index (χ1n) is 5.70. The molecule has 1 aliphatic carbocycles. The van der Waals surface area contributed by atoms with Crippen molar-refractivity contribution in [3.05, 3.63) is 34.3 Å². The summed E-state index contributed by atoms with van der Waals surface area (Å²) < 4.78 is 15.2. The second-order valence-corrected chi connectivity index (χ2v) is 5.11. The van der Waals surface area contributed by atoms with Crippen LogP contribution in [0.5, 0.6) is 0 Å². The molecular weight excluding hydrogens is 301 g/mol. The van der Waals surface area contributed by atoms with Gasteiger partial charge in [0.2, 0.25) is 0 Å². The summed E-state index contributed by atoms with van der Waals surface area (Å²) in [5.74, 6) is 0.421. The molecule has 0 aliphatic heterocycles. The second-order valence-electron chi connectivity index (χ2n) is 4.26. The molecule has 1 aromatic carbocycles. The molecule has 5 nitrogen and oxygen atoms in total. The van der Waals surface area contributed by atoms with Gasteiger partial charge in [0.05, 0.1) is 16.7 Å². The number of hydrogen-bond acceptors (Lipinski definition) is 4. The quantitative estimate of drug-likeness (QED) is 0.935. The average Bonchev–Trinajstić information content (AvgIpc) is 3.08. The molecule has 1 saturated carbocycles. The molecule has 2 aromatic rings. The average molecular weight is 312 g/mol. The molecule has 7 heteroatoms. The topological polar surface area (TPSA) is 55.6 Å². The summed E-state index contributed by atoms with van der Waals surface area (Å²) in [7, 11) is 0. The molecule has 1 N–H and O–H groups in total. The van der Waals surface area contributed by atoms with Gasteiger partial charge in [-0.2, -0.15) is 4.68 Å². The highest BCUT2D eigenvalue weighted by Crippen LogP contribution is 2.21. The fraction of sp³-hybridized carbons (Fsp3) is 0.364. The minimum atomic E-state index is -0.301. The molecule has 1 aliphatic rings. The summed E-state index contributed by atoms with van der Waals surface area (Å²) in [5.41, 5.74) is 0.737. The second kappa shape index (κ2) is 4.74. The van der Waals surface area contributed by atoms with Gasteiger partial charge in [-0.25, -0.2) is 4.39 Å². The van der Waals surface area contributed by atoms with Gasteiger partial charge in [-0.05, 0) is 57.4 Å². The Kier molecular flexibility index (Phi) is 3.09. The number of nitrogens with one attached hydrogen (secondary N) is 1. The molecule has 0 amide bonds. The van der Waals surface area contributed by atoms with Crippen LogP contribution in [0.3, 0.4) is 0 Å². The molecule has 0 unspecified atom stereocenters. The number of aromatic nitrogens is 4. The Morgan fingerprint density at radius 2 is 2.28 bits per heavy atom. The minimum absolute atomic E-state index is 0.301. The maximum Gasteiger partial charge on any atom is 0.170 e. The highest BCUT2D eigenvalue weighted by atomic mass is 79.9. The highest BCUT2D eigenvalue weighted by Gasteiger charge is 2.21. The summed E-state index contributed by atoms with van der Waals surface area (Å²) in [6.07, 6.45) is 2.42. The SMILES string of the molecule is Fc1ccc(-n2nnnc2CNC2CC2)cc1Br. The van der Waals surface area contributed by atoms with E-state index < -0.39 is 0 Å². The lowest BCUT2D eigenvalue weighted by atomic mass is 10.3. The van der Waals surface area contributed by atoms with Crippen molar-refractivity contribution in [3.8, 4) is 5.69 Å². The Hall–Kier alpha value is -1.34. The van der Waals surface area contributed by atoms with Crippen molar-refractivity contribution in [3.63, 3.8) is 0 Å². The Morgan fingerprint density at radius 1 is 1.44 bits per heavy atom. The van der Waals surface area contributed by atoms with Crippen LogP contribution in [0, 0.1) is 5.82 Å². The van der Waals surface area contributed by atoms with E-state index in [9.17, 15) is 4.39 Å². The first-order chi connectivity index (χ1) is 8.74. The standard InChI is InChI=1S/C11H11BrFN5/c12-9-5-8(3-4-10(9)13)18-11(15-16-17-18)6-14-7-1-2-7/h3-5,7,14H,1-2,6H2. The Balaban J connectivity index is 1.85. The molecule has 94 valence electrons. The van der Waals surface area contributed by atoms with Gasteiger partial charge in [0.25, 0.3) is 0 Å². The third-order valence-electron chi connectivity index (χ3n) is 2.81. The van der Waals surface area contributed by atoms with Crippen molar-refractivity contribution in [1.29, 1.82) is 0 Å². The monoisotopic (exact) mass is 311 g/mol. The van der Waals surface area contributed by atoms with Gasteiger partial charge in [-0.3, -0.25) is 0 Å². The smallest absolute Gasteiger partial charge is 0.170 e. The Bertz CT molecular complexity index is 566. The molecule has 3 rings (SSSR count). The number of benzene rings is 1. The predicted octanol–water partition coefficient (Wildman–Crippen LogP) is 1.82. The van der Waals surface area contributed by atoms with E-state index in [0.717, 1.165) is 11.5 Å². The lowest BCUT2D eigenvalue weighted by Crippen LogP contribution is -2.18. The van der Waals surface area contributed by atoms with E-state index in [1.54, 1.807) is 16.8 Å². The van der Waals surface area contributed by atoms with Crippen molar-refractivity contribution in [2.24, 2.45) is 0 Å². The van der Waals surface area contributed by atoms with E-state index in [2.05, 4.69) is 36.8 Å². The van der Waals surface area contributed by atoms with Crippen molar-refractivity contribution >= 4 is 15.9 Å². The van der Waals surface area contributed by atoms with Gasteiger partial charge in [-0.1, -0.05) is 0 Å². The summed E-state index contributed by atoms with van der Waals surface area (Å²) in [5, 5.41) is 14.9. The van der Waals surface area contributed by atoms with Crippen molar-refractivity contribution in [2.45, 2.75) is 25.4 Å². The number of halogens is 2. The lowest BCUT2D eigenvalue weighted by Gasteiger charge is -2.06. The van der Waals surface area contributed by atoms with Crippen LogP contribution in [0.25, 0.3) is 5.69 Å². The van der Waals surface area contributed by atoms with Crippen LogP contribution in [0.15, 0.2) is 22.7 Å². The number of tetrazole rings is 1. The third kappa shape index (κ3) is 2.41. The van der Waals surface area contributed by atoms with Crippen molar-refractivity contribution in [2.75, 3.05) is 0 Å². The largest absolute Gasteiger partial charge is 0.307 e. The Morgan fingerprint density at radius 3 is 3.00 bits per heavy atom. The van der Waals surface area contributed by atoms with Gasteiger partial charge < -0.3 is 5.32 Å². The van der Waals surface area contributed by atoms with E-state index in [0.29, 0.717) is 17.1 Å². The summed E-state index contributed by atoms with van der Waals surface area (Å²) in [4.78, 5) is 0. The Labute approximate surface area is 112 Å². The molecule has 0 spiro atoms. The van der Waals surface area contributed by atoms with E-state index >= 15 is 0 Å². The summed E-state index contributed by atoms with van der Waals surface area (Å²) in [6.45, 7) is 0.618. The zero-order chi connectivity index (χ0) is 12.5. The normalized spacial score (nSPS) is 15.0. The maximum absolute atomic E-state index is 13.2. The van der Waals surface area contributed by atoms with Gasteiger partial charge >= 0.3 is 0 Å². The van der Waals surface area contributed by atoms with Crippen molar-refractivity contribution < 1.29 is 4.39 Å². The minimum Gasteiger partial charge on any atom is -0.307 e. The summed E-state index contributed by atoms with van der Waals surface area (Å²) >= 11 is 3.16. The van der Waals surface area contributed by atoms with Crippen LogP contribution in [0.4, 0.5) is 4.39 Å². The lowest BCUT2D eigenvalue weighted by molar-refractivity contribution is 0.617. The number of nitrogens with zero attached hydrogens (tertiary/aromatic N) is 4. The number of hydrogen-bond donors (Lipinski definition) is 1. The van der Waals surface area contributed by atoms with Crippen molar-refractivity contribution in [1.82, 2.24) is 25.5 Å². The van der Waals surface area contributed by atoms with Crippen LogP contribution >= 0.6 is 15.9 Å². The third-order valence-corrected chi connectivity index (χ3v) is 3.42. The fourth-order valence-electron chi connectivity index (χ4n) is 1.66. The molecule has 1 fully saturated rings. The molecule has 0 atom stereocenters. The molecular formula is C11H11BrFN5. The first kappa shape index (κ1) is 11.7. The molecule has 0 saturated heterocycles. The maximum atomic E-state index is 13.2. The number of rotatable bonds is 4. The van der Waals surface area contributed by atoms with Crippen LogP contribution in [-0.2, 0) is 6.54 Å². The van der Waals surface area contributed by atoms with Gasteiger partial charge in [0, 0.05) is 6.04 Å². The molecule has 0 radical (unpaired) electrons. The highest BCUT2D eigenvalue weighted by molar-refractivity contribution is 9.10. The van der Waals surface area contributed by atoms with E-state index in [-0.39, 0.29) is 5.82 Å². The molecule has 18 heavy (non-hydrogen) atoms. The first-order valence-corrected chi connectivity index (χ1v) is 6.49. The summed E-state index contributed by atoms with van der Waals surface area (Å²) in [6, 6.07) is 5.29. The van der Waals surface area contributed by atoms with E-state index in [4.69, 9.17) is 0 Å². The van der Waals surface area contributed by atoms with E-state index in [1.165, 1.54) is 18.9 Å². The molecule has 0 bridgehead atoms. The molecule has 1 aromatic heterocycles. The van der Waals surface area contributed by atoms with Crippen LogP contribution in [0.2, 0.25) is 0 Å². The van der Waals surface area contributed by atoms with E-state index in [1.807, 2.05) is 0 Å². The van der Waals surface area contributed by atoms with Gasteiger partial charge in [0.1, 0.15) is 5.82 Å². The van der Waals surface area contributed by atoms with Crippen LogP contribution in [-0.4, -0.2) is 26.2 Å². The van der Waals surface area contributed by atoms with Gasteiger partial charge in [-0.15, -0.1) is 5.10 Å². The van der Waals surface area contributed by atoms with Gasteiger partial charge in [0.15, 0.2) is 5.82 Å². The zero-order valence-corrected chi connectivity index (χ0v) is 11.1. The fourth-order valence-corrected chi connectivity index (χ4v) is 2.02. The van der Waals surface area contributed by atoms with Crippen LogP contribution < -0.4 is 5.32 Å². The predicted molar refractivity (Wildman–Crippen MR) is 66.7 cm³/mol. The molecule has 1 heterocycles. The van der Waals surface area contributed by atoms with Crippen LogP contribution in [0.1, 0.15) is 18.7 Å².